The molecule has 0 bridgehead atoms. The van der Waals surface area contributed by atoms with Gasteiger partial charge in [0.05, 0.1) is 50.3 Å². The molecule has 0 saturated carbocycles. The fraction of sp³-hybridized carbons (Fsp3) is 0.458. The molecule has 0 fully saturated rings. The van der Waals surface area contributed by atoms with Gasteiger partial charge < -0.3 is 29.8 Å². The van der Waals surface area contributed by atoms with Gasteiger partial charge in [0, 0.05) is 31.0 Å². The molecule has 3 N–H and O–H groups in total. The van der Waals surface area contributed by atoms with Gasteiger partial charge in [-0.15, -0.1) is 0 Å². The maximum Gasteiger partial charge on any atom is 0.293 e. The number of fused-ring (bicyclic) bond motifs is 1. The number of anilines is 1. The predicted octanol–water partition coefficient (Wildman–Crippen LogP) is 1.59. The van der Waals surface area contributed by atoms with Crippen molar-refractivity contribution in [3.63, 3.8) is 0 Å². The summed E-state index contributed by atoms with van der Waals surface area (Å²) in [6.07, 6.45) is 4.71. The summed E-state index contributed by atoms with van der Waals surface area (Å²) in [5.74, 6) is 0.191. The summed E-state index contributed by atoms with van der Waals surface area (Å²) < 4.78 is 12.3. The molecule has 1 amide bonds. The molecule has 188 valence electrons. The summed E-state index contributed by atoms with van der Waals surface area (Å²) in [6, 6.07) is 5.03. The second-order valence-corrected chi connectivity index (χ2v) is 7.89. The third-order valence-corrected chi connectivity index (χ3v) is 5.38. The molecule has 0 saturated heterocycles. The van der Waals surface area contributed by atoms with Gasteiger partial charge in [-0.3, -0.25) is 14.6 Å². The summed E-state index contributed by atoms with van der Waals surface area (Å²) in [5, 5.41) is 14.8. The lowest BCUT2D eigenvalue weighted by molar-refractivity contribution is -0.120. The zero-order chi connectivity index (χ0) is 25.2. The molecule has 11 heteroatoms. The summed E-state index contributed by atoms with van der Waals surface area (Å²) >= 11 is 0. The zero-order valence-electron chi connectivity index (χ0n) is 20.3. The van der Waals surface area contributed by atoms with E-state index in [2.05, 4.69) is 25.6 Å². The average Bonchev–Trinajstić information content (AvgIpc) is 2.89. The van der Waals surface area contributed by atoms with Crippen LogP contribution in [0.4, 0.5) is 5.82 Å². The molecule has 0 aliphatic heterocycles. The van der Waals surface area contributed by atoms with E-state index < -0.39 is 0 Å². The number of hydrogen-bond donors (Lipinski definition) is 3. The molecular formula is C24H32N6O5. The monoisotopic (exact) mass is 484 g/mol. The highest BCUT2D eigenvalue weighted by atomic mass is 16.5. The lowest BCUT2D eigenvalue weighted by Crippen LogP contribution is -2.40. The molecule has 1 atom stereocenters. The number of amides is 1. The Morgan fingerprint density at radius 3 is 2.69 bits per heavy atom. The fourth-order valence-corrected chi connectivity index (χ4v) is 3.41. The van der Waals surface area contributed by atoms with Gasteiger partial charge in [0.2, 0.25) is 11.8 Å². The molecule has 1 unspecified atom stereocenters. The molecule has 0 aliphatic rings. The first-order valence-corrected chi connectivity index (χ1v) is 11.6. The first-order chi connectivity index (χ1) is 17.0. The predicted molar refractivity (Wildman–Crippen MR) is 132 cm³/mol. The molecule has 0 aliphatic carbocycles. The van der Waals surface area contributed by atoms with Crippen molar-refractivity contribution in [2.24, 2.45) is 0 Å². The summed E-state index contributed by atoms with van der Waals surface area (Å²) in [4.78, 5) is 38.6. The normalized spacial score (nSPS) is 11.9. The van der Waals surface area contributed by atoms with Crippen molar-refractivity contribution < 1.29 is 19.4 Å². The number of aromatic nitrogens is 4. The molecule has 3 rings (SSSR count). The molecule has 3 aromatic rings. The number of carbonyl (C=O) groups excluding carboxylic acids is 1. The van der Waals surface area contributed by atoms with Crippen LogP contribution in [0, 0.1) is 0 Å². The summed E-state index contributed by atoms with van der Waals surface area (Å²) in [5.41, 5.74) is 2.12. The molecule has 35 heavy (non-hydrogen) atoms. The molecule has 0 aromatic carbocycles. The highest BCUT2D eigenvalue weighted by Crippen LogP contribution is 2.22. The number of hydrogen-bond acceptors (Lipinski definition) is 9. The number of carbonyl (C=O) groups is 1. The van der Waals surface area contributed by atoms with E-state index in [-0.39, 0.29) is 36.5 Å². The summed E-state index contributed by atoms with van der Waals surface area (Å²) in [7, 11) is 1.55. The van der Waals surface area contributed by atoms with Crippen LogP contribution in [0.1, 0.15) is 26.7 Å². The van der Waals surface area contributed by atoms with E-state index in [1.165, 1.54) is 0 Å². The molecule has 0 spiro atoms. The molecule has 3 heterocycles. The SMILES string of the molecule is CCCOCCn1c(=O)c(NCC(=O)NC(CC)CO)nc2cnc(-c3ccc(OC)nc3)cc21. The van der Waals surface area contributed by atoms with Gasteiger partial charge in [-0.2, -0.15) is 0 Å². The Balaban J connectivity index is 1.93. The van der Waals surface area contributed by atoms with Crippen molar-refractivity contribution in [1.82, 2.24) is 24.8 Å². The first-order valence-electron chi connectivity index (χ1n) is 11.6. The topological polar surface area (TPSA) is 140 Å². The van der Waals surface area contributed by atoms with Crippen LogP contribution in [-0.2, 0) is 16.1 Å². The molecule has 0 radical (unpaired) electrons. The van der Waals surface area contributed by atoms with Crippen LogP contribution in [0.25, 0.3) is 22.3 Å². The second-order valence-electron chi connectivity index (χ2n) is 7.89. The van der Waals surface area contributed by atoms with Gasteiger partial charge in [0.25, 0.3) is 5.56 Å². The number of ether oxygens (including phenoxy) is 2. The van der Waals surface area contributed by atoms with E-state index >= 15 is 0 Å². The Morgan fingerprint density at radius 1 is 1.20 bits per heavy atom. The van der Waals surface area contributed by atoms with Crippen LogP contribution in [0.15, 0.2) is 35.4 Å². The van der Waals surface area contributed by atoms with E-state index in [1.807, 2.05) is 19.9 Å². The Kier molecular flexibility index (Phi) is 9.50. The Morgan fingerprint density at radius 2 is 2.03 bits per heavy atom. The van der Waals surface area contributed by atoms with E-state index in [0.29, 0.717) is 48.8 Å². The minimum absolute atomic E-state index is 0.0425. The molecular weight excluding hydrogens is 452 g/mol. The number of nitrogens with zero attached hydrogens (tertiary/aromatic N) is 4. The van der Waals surface area contributed by atoms with E-state index in [0.717, 1.165) is 12.0 Å². The third kappa shape index (κ3) is 6.74. The van der Waals surface area contributed by atoms with Gasteiger partial charge >= 0.3 is 0 Å². The smallest absolute Gasteiger partial charge is 0.293 e. The number of methoxy groups -OCH3 is 1. The zero-order valence-corrected chi connectivity index (χ0v) is 20.3. The number of aliphatic hydroxyl groups excluding tert-OH is 1. The van der Waals surface area contributed by atoms with Crippen LogP contribution < -0.4 is 20.9 Å². The minimum atomic E-state index is -0.371. The Bertz CT molecular complexity index is 1180. The average molecular weight is 485 g/mol. The maximum absolute atomic E-state index is 13.3. The maximum atomic E-state index is 13.3. The standard InChI is InChI=1S/C24H32N6O5/c1-4-9-35-10-8-30-20-11-18(16-6-7-22(34-3)26-12-16)25-13-19(20)29-23(24(30)33)27-14-21(32)28-17(5-2)15-31/h6-7,11-13,17,31H,4-5,8-10,14-15H2,1-3H3,(H,27,29)(H,28,32). The van der Waals surface area contributed by atoms with Gasteiger partial charge in [-0.05, 0) is 25.0 Å². The van der Waals surface area contributed by atoms with E-state index in [9.17, 15) is 14.7 Å². The molecule has 3 aromatic heterocycles. The summed E-state index contributed by atoms with van der Waals surface area (Å²) in [6.45, 7) is 4.83. The number of pyridine rings is 2. The fourth-order valence-electron chi connectivity index (χ4n) is 3.41. The van der Waals surface area contributed by atoms with Crippen molar-refractivity contribution in [1.29, 1.82) is 0 Å². The van der Waals surface area contributed by atoms with Crippen molar-refractivity contribution in [2.45, 2.75) is 39.3 Å². The van der Waals surface area contributed by atoms with Crippen LogP contribution >= 0.6 is 0 Å². The largest absolute Gasteiger partial charge is 0.481 e. The van der Waals surface area contributed by atoms with Crippen molar-refractivity contribution in [2.75, 3.05) is 38.8 Å². The van der Waals surface area contributed by atoms with Gasteiger partial charge in [0.1, 0.15) is 5.52 Å². The second kappa shape index (κ2) is 12.8. The van der Waals surface area contributed by atoms with Gasteiger partial charge in [0.15, 0.2) is 5.82 Å². The number of nitrogens with one attached hydrogen (secondary N) is 2. The van der Waals surface area contributed by atoms with Crippen LogP contribution in [0.3, 0.4) is 0 Å². The lowest BCUT2D eigenvalue weighted by Gasteiger charge is -2.16. The van der Waals surface area contributed by atoms with Crippen LogP contribution in [0.2, 0.25) is 0 Å². The van der Waals surface area contributed by atoms with Gasteiger partial charge in [-0.25, -0.2) is 9.97 Å². The first kappa shape index (κ1) is 26.0. The third-order valence-electron chi connectivity index (χ3n) is 5.38. The van der Waals surface area contributed by atoms with Crippen molar-refractivity contribution in [3.8, 4) is 17.1 Å². The Hall–Kier alpha value is -3.57. The van der Waals surface area contributed by atoms with E-state index in [1.54, 1.807) is 36.2 Å². The Labute approximate surface area is 203 Å². The van der Waals surface area contributed by atoms with Crippen LogP contribution in [-0.4, -0.2) is 70.0 Å². The number of aliphatic hydroxyl groups is 1. The number of rotatable bonds is 13. The van der Waals surface area contributed by atoms with Crippen molar-refractivity contribution in [3.05, 3.63) is 40.9 Å². The van der Waals surface area contributed by atoms with E-state index in [4.69, 9.17) is 9.47 Å². The van der Waals surface area contributed by atoms with Gasteiger partial charge in [-0.1, -0.05) is 13.8 Å². The van der Waals surface area contributed by atoms with Crippen LogP contribution in [0.5, 0.6) is 5.88 Å². The lowest BCUT2D eigenvalue weighted by atomic mass is 10.2. The highest BCUT2D eigenvalue weighted by Gasteiger charge is 2.15. The highest BCUT2D eigenvalue weighted by molar-refractivity contribution is 5.82. The molecule has 11 nitrogen and oxygen atoms in total. The van der Waals surface area contributed by atoms with Crippen molar-refractivity contribution >= 4 is 22.8 Å². The quantitative estimate of drug-likeness (QED) is 0.308. The minimum Gasteiger partial charge on any atom is -0.481 e.